The molecule has 1 aliphatic heterocycles. The van der Waals surface area contributed by atoms with Gasteiger partial charge in [-0.05, 0) is 19.3 Å². The lowest BCUT2D eigenvalue weighted by molar-refractivity contribution is 0.0192. The Hall–Kier alpha value is -0.340. The molecule has 13 heavy (non-hydrogen) atoms. The van der Waals surface area contributed by atoms with Crippen molar-refractivity contribution in [3.05, 3.63) is 12.2 Å². The second-order valence-corrected chi connectivity index (χ2v) is 4.07. The van der Waals surface area contributed by atoms with Crippen LogP contribution in [0.15, 0.2) is 12.2 Å². The molecule has 0 aromatic heterocycles. The van der Waals surface area contributed by atoms with Crippen LogP contribution in [-0.4, -0.2) is 37.2 Å². The van der Waals surface area contributed by atoms with Crippen molar-refractivity contribution in [2.75, 3.05) is 26.3 Å². The third kappa shape index (κ3) is 2.12. The van der Waals surface area contributed by atoms with E-state index in [2.05, 4.69) is 11.5 Å². The molecule has 0 amide bonds. The molecule has 0 aromatic rings. The summed E-state index contributed by atoms with van der Waals surface area (Å²) < 4.78 is 5.35. The lowest BCUT2D eigenvalue weighted by Crippen LogP contribution is -2.45. The van der Waals surface area contributed by atoms with E-state index in [-0.39, 0.29) is 0 Å². The van der Waals surface area contributed by atoms with Crippen molar-refractivity contribution in [3.63, 3.8) is 0 Å². The van der Waals surface area contributed by atoms with Gasteiger partial charge in [0.15, 0.2) is 0 Å². The van der Waals surface area contributed by atoms with Crippen LogP contribution in [0.5, 0.6) is 0 Å². The first kappa shape index (κ1) is 9.22. The Morgan fingerprint density at radius 2 is 2.00 bits per heavy atom. The molecule has 1 saturated heterocycles. The number of hydrogen-bond donors (Lipinski definition) is 0. The highest BCUT2D eigenvalue weighted by molar-refractivity contribution is 5.08. The summed E-state index contributed by atoms with van der Waals surface area (Å²) in [5.41, 5.74) is 1.45. The summed E-state index contributed by atoms with van der Waals surface area (Å²) in [7, 11) is 0. The van der Waals surface area contributed by atoms with E-state index >= 15 is 0 Å². The predicted molar refractivity (Wildman–Crippen MR) is 53.8 cm³/mol. The second kappa shape index (κ2) is 4.25. The SMILES string of the molecule is C=C1CCCCC1N1CCOCC1. The number of hydrogen-bond acceptors (Lipinski definition) is 2. The zero-order valence-electron chi connectivity index (χ0n) is 8.30. The molecule has 0 aromatic carbocycles. The summed E-state index contributed by atoms with van der Waals surface area (Å²) in [6, 6.07) is 0.664. The van der Waals surface area contributed by atoms with E-state index in [4.69, 9.17) is 4.74 Å². The van der Waals surface area contributed by atoms with E-state index in [0.717, 1.165) is 26.3 Å². The fourth-order valence-corrected chi connectivity index (χ4v) is 2.39. The fraction of sp³-hybridized carbons (Fsp3) is 0.818. The molecular formula is C11H19NO. The third-order valence-electron chi connectivity index (χ3n) is 3.18. The first-order valence-electron chi connectivity index (χ1n) is 5.37. The molecule has 2 nitrogen and oxygen atoms in total. The molecular weight excluding hydrogens is 162 g/mol. The Balaban J connectivity index is 1.92. The lowest BCUT2D eigenvalue weighted by atomic mass is 9.90. The standard InChI is InChI=1S/C11H19NO/c1-10-4-2-3-5-11(10)12-6-8-13-9-7-12/h11H,1-9H2. The minimum absolute atomic E-state index is 0.664. The maximum absolute atomic E-state index is 5.35. The van der Waals surface area contributed by atoms with E-state index in [0.29, 0.717) is 6.04 Å². The van der Waals surface area contributed by atoms with Crippen molar-refractivity contribution in [1.82, 2.24) is 4.90 Å². The highest BCUT2D eigenvalue weighted by Gasteiger charge is 2.24. The Morgan fingerprint density at radius 1 is 1.23 bits per heavy atom. The lowest BCUT2D eigenvalue weighted by Gasteiger charge is -2.37. The van der Waals surface area contributed by atoms with Crippen LogP contribution in [0.1, 0.15) is 25.7 Å². The number of rotatable bonds is 1. The molecule has 0 radical (unpaired) electrons. The Morgan fingerprint density at radius 3 is 2.69 bits per heavy atom. The average molecular weight is 181 g/mol. The van der Waals surface area contributed by atoms with Gasteiger partial charge in [0, 0.05) is 19.1 Å². The van der Waals surface area contributed by atoms with Crippen molar-refractivity contribution in [3.8, 4) is 0 Å². The van der Waals surface area contributed by atoms with Gasteiger partial charge in [-0.2, -0.15) is 0 Å². The van der Waals surface area contributed by atoms with Crippen molar-refractivity contribution < 1.29 is 4.74 Å². The molecule has 1 aliphatic carbocycles. The minimum atomic E-state index is 0.664. The minimum Gasteiger partial charge on any atom is -0.379 e. The van der Waals surface area contributed by atoms with Crippen LogP contribution in [0.4, 0.5) is 0 Å². The molecule has 0 N–H and O–H groups in total. The summed E-state index contributed by atoms with van der Waals surface area (Å²) in [4.78, 5) is 2.55. The Labute approximate surface area is 80.6 Å². The van der Waals surface area contributed by atoms with Gasteiger partial charge in [0.1, 0.15) is 0 Å². The van der Waals surface area contributed by atoms with Crippen LogP contribution in [0.2, 0.25) is 0 Å². The average Bonchev–Trinajstić information content (AvgIpc) is 2.20. The first-order chi connectivity index (χ1) is 6.38. The van der Waals surface area contributed by atoms with Crippen LogP contribution in [0.25, 0.3) is 0 Å². The molecule has 0 bridgehead atoms. The van der Waals surface area contributed by atoms with Gasteiger partial charge < -0.3 is 4.74 Å². The summed E-state index contributed by atoms with van der Waals surface area (Å²) in [6.45, 7) is 8.20. The number of ether oxygens (including phenoxy) is 1. The van der Waals surface area contributed by atoms with Crippen molar-refractivity contribution in [1.29, 1.82) is 0 Å². The maximum Gasteiger partial charge on any atom is 0.0594 e. The summed E-state index contributed by atoms with van der Waals surface area (Å²) >= 11 is 0. The summed E-state index contributed by atoms with van der Waals surface area (Å²) in [6.07, 6.45) is 5.28. The Kier molecular flexibility index (Phi) is 3.01. The van der Waals surface area contributed by atoms with Crippen LogP contribution < -0.4 is 0 Å². The number of nitrogens with zero attached hydrogens (tertiary/aromatic N) is 1. The van der Waals surface area contributed by atoms with E-state index < -0.39 is 0 Å². The molecule has 74 valence electrons. The van der Waals surface area contributed by atoms with Gasteiger partial charge in [0.25, 0.3) is 0 Å². The molecule has 1 saturated carbocycles. The highest BCUT2D eigenvalue weighted by atomic mass is 16.5. The van der Waals surface area contributed by atoms with E-state index in [9.17, 15) is 0 Å². The topological polar surface area (TPSA) is 12.5 Å². The zero-order valence-corrected chi connectivity index (χ0v) is 8.30. The van der Waals surface area contributed by atoms with Crippen molar-refractivity contribution in [2.45, 2.75) is 31.7 Å². The third-order valence-corrected chi connectivity index (χ3v) is 3.18. The molecule has 1 heterocycles. The van der Waals surface area contributed by atoms with Gasteiger partial charge >= 0.3 is 0 Å². The maximum atomic E-state index is 5.35. The van der Waals surface area contributed by atoms with Crippen molar-refractivity contribution in [2.24, 2.45) is 0 Å². The molecule has 2 rings (SSSR count). The fourth-order valence-electron chi connectivity index (χ4n) is 2.39. The van der Waals surface area contributed by atoms with E-state index in [1.807, 2.05) is 0 Å². The van der Waals surface area contributed by atoms with E-state index in [1.165, 1.54) is 31.3 Å². The number of morpholine rings is 1. The van der Waals surface area contributed by atoms with Gasteiger partial charge in [0.05, 0.1) is 13.2 Å². The monoisotopic (exact) mass is 181 g/mol. The largest absolute Gasteiger partial charge is 0.379 e. The quantitative estimate of drug-likeness (QED) is 0.572. The highest BCUT2D eigenvalue weighted by Crippen LogP contribution is 2.26. The van der Waals surface area contributed by atoms with Crippen LogP contribution in [0.3, 0.4) is 0 Å². The molecule has 2 fully saturated rings. The van der Waals surface area contributed by atoms with Crippen LogP contribution >= 0.6 is 0 Å². The van der Waals surface area contributed by atoms with E-state index in [1.54, 1.807) is 0 Å². The van der Waals surface area contributed by atoms with Gasteiger partial charge in [-0.25, -0.2) is 0 Å². The van der Waals surface area contributed by atoms with Crippen LogP contribution in [-0.2, 0) is 4.74 Å². The second-order valence-electron chi connectivity index (χ2n) is 4.07. The Bertz CT molecular complexity index is 185. The predicted octanol–water partition coefficient (Wildman–Crippen LogP) is 1.82. The smallest absolute Gasteiger partial charge is 0.0594 e. The summed E-state index contributed by atoms with van der Waals surface area (Å²) in [5.74, 6) is 0. The molecule has 1 unspecified atom stereocenters. The zero-order chi connectivity index (χ0) is 9.10. The van der Waals surface area contributed by atoms with Crippen molar-refractivity contribution >= 4 is 0 Å². The van der Waals surface area contributed by atoms with Gasteiger partial charge in [-0.15, -0.1) is 0 Å². The van der Waals surface area contributed by atoms with Gasteiger partial charge in [-0.3, -0.25) is 4.90 Å². The van der Waals surface area contributed by atoms with Gasteiger partial charge in [-0.1, -0.05) is 18.6 Å². The summed E-state index contributed by atoms with van der Waals surface area (Å²) in [5, 5.41) is 0. The molecule has 2 aliphatic rings. The first-order valence-corrected chi connectivity index (χ1v) is 5.37. The molecule has 2 heteroatoms. The van der Waals surface area contributed by atoms with Crippen LogP contribution in [0, 0.1) is 0 Å². The van der Waals surface area contributed by atoms with Gasteiger partial charge in [0.2, 0.25) is 0 Å². The normalized spacial score (nSPS) is 32.0. The molecule has 1 atom stereocenters. The molecule has 0 spiro atoms.